The maximum Gasteiger partial charge on any atom is 0.298 e. The smallest absolute Gasteiger partial charge is 0.298 e. The molecule has 3 saturated heterocycles. The summed E-state index contributed by atoms with van der Waals surface area (Å²) in [7, 11) is -1.58. The van der Waals surface area contributed by atoms with Gasteiger partial charge in [-0.15, -0.1) is 0 Å². The predicted octanol–water partition coefficient (Wildman–Crippen LogP) is 2.81. The molecule has 7 atom stereocenters. The number of nitrogens with zero attached hydrogens (tertiary/aromatic N) is 2. The highest BCUT2D eigenvalue weighted by Crippen LogP contribution is 2.45. The van der Waals surface area contributed by atoms with E-state index in [2.05, 4.69) is 0 Å². The van der Waals surface area contributed by atoms with Crippen LogP contribution in [0.15, 0.2) is 82.6 Å². The lowest BCUT2D eigenvalue weighted by atomic mass is 9.83. The van der Waals surface area contributed by atoms with E-state index in [0.29, 0.717) is 21.5 Å². The van der Waals surface area contributed by atoms with Crippen LogP contribution in [0.5, 0.6) is 0 Å². The Morgan fingerprint density at radius 2 is 0.956 bits per heavy atom. The van der Waals surface area contributed by atoms with Crippen molar-refractivity contribution >= 4 is 53.2 Å². The molecule has 12 nitrogen and oxygen atoms in total. The van der Waals surface area contributed by atoms with Crippen LogP contribution in [0.25, 0.3) is 21.5 Å². The minimum absolute atomic E-state index is 0.0965. The van der Waals surface area contributed by atoms with Crippen LogP contribution in [0.2, 0.25) is 0 Å². The van der Waals surface area contributed by atoms with Gasteiger partial charge in [0, 0.05) is 61.1 Å². The van der Waals surface area contributed by atoms with Gasteiger partial charge in [-0.2, -0.15) is 16.8 Å². The number of aliphatic hydroxyl groups is 1. The first-order chi connectivity index (χ1) is 21.4. The molecule has 3 heterocycles. The minimum Gasteiger partial charge on any atom is -0.387 e. The van der Waals surface area contributed by atoms with Crippen molar-refractivity contribution < 1.29 is 44.5 Å². The van der Waals surface area contributed by atoms with E-state index in [4.69, 9.17) is 22.6 Å². The summed E-state index contributed by atoms with van der Waals surface area (Å²) in [5.41, 5.74) is 1.62. The summed E-state index contributed by atoms with van der Waals surface area (Å²) >= 11 is 0. The molecule has 4 aromatic carbocycles. The average Bonchev–Trinajstić information content (AvgIpc) is 3.00. The van der Waals surface area contributed by atoms with Gasteiger partial charge in [-0.1, -0.05) is 48.5 Å². The van der Waals surface area contributed by atoms with Gasteiger partial charge >= 0.3 is 0 Å². The third-order valence-electron chi connectivity index (χ3n) is 8.47. The number of hydrogen-bond donors (Lipinski definition) is 1. The lowest BCUT2D eigenvalue weighted by Crippen LogP contribution is -2.76. The SMILES string of the molecule is CN(C)c1cccc2c(S(=O)(=O)OC3C4OC5O[C@H]3C(O)[C@@H](O5)C4OS(=O)(=O)c3cccc4c(N(C)C)cccc34)cccc12. The van der Waals surface area contributed by atoms with Gasteiger partial charge in [0.05, 0.1) is 0 Å². The molecule has 4 aliphatic rings. The van der Waals surface area contributed by atoms with E-state index in [1.165, 1.54) is 12.1 Å². The molecule has 4 fully saturated rings. The van der Waals surface area contributed by atoms with Crippen molar-refractivity contribution in [1.82, 2.24) is 0 Å². The van der Waals surface area contributed by atoms with Crippen LogP contribution in [-0.2, 0) is 42.8 Å². The molecule has 5 unspecified atom stereocenters. The third kappa shape index (κ3) is 4.96. The fraction of sp³-hybridized carbons (Fsp3) is 0.355. The molecule has 1 aliphatic carbocycles. The zero-order valence-corrected chi connectivity index (χ0v) is 26.4. The van der Waals surface area contributed by atoms with E-state index in [9.17, 15) is 21.9 Å². The summed E-state index contributed by atoms with van der Waals surface area (Å²) in [6.45, 7) is -1.25. The summed E-state index contributed by atoms with van der Waals surface area (Å²) in [5.74, 6) is 0. The van der Waals surface area contributed by atoms with Crippen molar-refractivity contribution in [3.8, 4) is 0 Å². The highest BCUT2D eigenvalue weighted by atomic mass is 32.2. The molecule has 0 radical (unpaired) electrons. The summed E-state index contributed by atoms with van der Waals surface area (Å²) < 4.78 is 83.9. The van der Waals surface area contributed by atoms with Crippen LogP contribution in [0, 0.1) is 0 Å². The molecule has 3 aliphatic heterocycles. The first-order valence-corrected chi connectivity index (χ1v) is 17.1. The average molecular weight is 657 g/mol. The molecule has 0 aromatic heterocycles. The van der Waals surface area contributed by atoms with Crippen molar-refractivity contribution in [2.45, 2.75) is 52.9 Å². The number of hydrogen-bond acceptors (Lipinski definition) is 12. The summed E-state index contributed by atoms with van der Waals surface area (Å²) in [5, 5.41) is 13.4. The minimum atomic E-state index is -4.50. The van der Waals surface area contributed by atoms with Gasteiger partial charge in [0.1, 0.15) is 46.4 Å². The Bertz CT molecular complexity index is 1880. The quantitative estimate of drug-likeness (QED) is 0.279. The highest BCUT2D eigenvalue weighted by molar-refractivity contribution is 7.87. The second-order valence-electron chi connectivity index (χ2n) is 11.7. The molecule has 0 spiro atoms. The Morgan fingerprint density at radius 3 is 1.38 bits per heavy atom. The lowest BCUT2D eigenvalue weighted by Gasteiger charge is -2.56. The topological polar surface area (TPSA) is 141 Å². The summed E-state index contributed by atoms with van der Waals surface area (Å²) in [6, 6.07) is 20.3. The van der Waals surface area contributed by atoms with Crippen molar-refractivity contribution in [3.63, 3.8) is 0 Å². The van der Waals surface area contributed by atoms with Crippen LogP contribution in [0.1, 0.15) is 0 Å². The van der Waals surface area contributed by atoms with E-state index in [1.54, 1.807) is 36.4 Å². The second-order valence-corrected chi connectivity index (χ2v) is 14.7. The van der Waals surface area contributed by atoms with Crippen molar-refractivity contribution in [2.75, 3.05) is 38.0 Å². The van der Waals surface area contributed by atoms with Gasteiger partial charge in [-0.3, -0.25) is 8.37 Å². The lowest BCUT2D eigenvalue weighted by molar-refractivity contribution is -0.476. The molecule has 1 N–H and O–H groups in total. The van der Waals surface area contributed by atoms with Gasteiger partial charge in [0.15, 0.2) is 0 Å². The maximum atomic E-state index is 13.8. The van der Waals surface area contributed by atoms with Crippen LogP contribution >= 0.6 is 0 Å². The molecule has 8 rings (SSSR count). The van der Waals surface area contributed by atoms with Crippen molar-refractivity contribution in [1.29, 1.82) is 0 Å². The molecule has 0 amide bonds. The number of aliphatic hydroxyl groups excluding tert-OH is 1. The largest absolute Gasteiger partial charge is 0.387 e. The third-order valence-corrected chi connectivity index (χ3v) is 11.2. The fourth-order valence-electron chi connectivity index (χ4n) is 6.45. The van der Waals surface area contributed by atoms with E-state index in [-0.39, 0.29) is 9.79 Å². The normalized spacial score (nSPS) is 27.7. The Hall–Kier alpha value is -3.34. The number of anilines is 2. The molecular weight excluding hydrogens is 624 g/mol. The molecule has 14 heteroatoms. The first kappa shape index (κ1) is 30.3. The van der Waals surface area contributed by atoms with Crippen LogP contribution in [-0.4, -0.2) is 93.2 Å². The molecular formula is C31H32N2O10S2. The van der Waals surface area contributed by atoms with E-state index in [1.807, 2.05) is 62.3 Å². The highest BCUT2D eigenvalue weighted by Gasteiger charge is 2.65. The molecule has 4 aromatic rings. The van der Waals surface area contributed by atoms with Crippen LogP contribution in [0.4, 0.5) is 11.4 Å². The molecule has 238 valence electrons. The fourth-order valence-corrected chi connectivity index (χ4v) is 9.06. The molecule has 45 heavy (non-hydrogen) atoms. The number of rotatable bonds is 8. The molecule has 1 saturated carbocycles. The van der Waals surface area contributed by atoms with E-state index >= 15 is 0 Å². The van der Waals surface area contributed by atoms with Gasteiger partial charge in [-0.25, -0.2) is 0 Å². The predicted molar refractivity (Wildman–Crippen MR) is 165 cm³/mol. The van der Waals surface area contributed by atoms with Crippen molar-refractivity contribution in [3.05, 3.63) is 72.8 Å². The first-order valence-electron chi connectivity index (χ1n) is 14.3. The summed E-state index contributed by atoms with van der Waals surface area (Å²) in [4.78, 5) is 3.55. The standard InChI is InChI=1S/C31H32N2O10S2/c1-32(2)21-13-5-11-19-17(21)9-7-15-23(19)44(35,36)42-29-26-25(34)27-30(28(29)41-31(39-26)40-27)43-45(37,38)24-16-8-10-18-20(24)12-6-14-22(18)33(3)4/h5-16,25-31,34H,1-4H3/t25?,26-,27+,28?,29?,30?,31?. The number of ether oxygens (including phenoxy) is 3. The zero-order valence-electron chi connectivity index (χ0n) is 24.8. The van der Waals surface area contributed by atoms with E-state index in [0.717, 1.165) is 11.4 Å². The van der Waals surface area contributed by atoms with Crippen LogP contribution < -0.4 is 9.80 Å². The van der Waals surface area contributed by atoms with Gasteiger partial charge in [0.25, 0.3) is 26.7 Å². The van der Waals surface area contributed by atoms with Gasteiger partial charge in [0.2, 0.25) is 0 Å². The second kappa shape index (κ2) is 10.9. The number of fused-ring (bicyclic) bond motifs is 2. The van der Waals surface area contributed by atoms with Crippen LogP contribution in [0.3, 0.4) is 0 Å². The monoisotopic (exact) mass is 656 g/mol. The Labute approximate surface area is 260 Å². The maximum absolute atomic E-state index is 13.8. The molecule has 4 bridgehead atoms. The van der Waals surface area contributed by atoms with Gasteiger partial charge in [-0.05, 0) is 24.3 Å². The van der Waals surface area contributed by atoms with Gasteiger partial charge < -0.3 is 29.1 Å². The zero-order chi connectivity index (χ0) is 31.8. The Balaban J connectivity index is 1.24. The number of benzene rings is 4. The van der Waals surface area contributed by atoms with Crippen molar-refractivity contribution in [2.24, 2.45) is 0 Å². The van der Waals surface area contributed by atoms with E-state index < -0.39 is 63.3 Å². The summed E-state index contributed by atoms with van der Waals surface area (Å²) in [6.07, 6.45) is -7.99. The Morgan fingerprint density at radius 1 is 0.578 bits per heavy atom. The Kier molecular flexibility index (Phi) is 7.33.